The quantitative estimate of drug-likeness (QED) is 0.605. The van der Waals surface area contributed by atoms with Crippen molar-refractivity contribution in [3.05, 3.63) is 38.3 Å². The average Bonchev–Trinajstić information content (AvgIpc) is 2.19. The van der Waals surface area contributed by atoms with E-state index in [9.17, 15) is 19.7 Å². The molecule has 0 amide bonds. The summed E-state index contributed by atoms with van der Waals surface area (Å²) in [7, 11) is 0. The monoisotopic (exact) mass is 252 g/mol. The van der Waals surface area contributed by atoms with Gasteiger partial charge < -0.3 is 4.57 Å². The summed E-state index contributed by atoms with van der Waals surface area (Å²) >= 11 is 0. The predicted octanol–water partition coefficient (Wildman–Crippen LogP) is 1.68. The molecule has 0 fully saturated rings. The Morgan fingerprint density at radius 2 is 2.00 bits per heavy atom. The van der Waals surface area contributed by atoms with Crippen LogP contribution in [0.15, 0.2) is 17.1 Å². The highest BCUT2D eigenvalue weighted by Crippen LogP contribution is 2.17. The van der Waals surface area contributed by atoms with Crippen LogP contribution in [0.3, 0.4) is 0 Å². The van der Waals surface area contributed by atoms with Gasteiger partial charge in [-0.15, -0.1) is 0 Å². The first-order valence-electron chi connectivity index (χ1n) is 5.51. The lowest BCUT2D eigenvalue weighted by Gasteiger charge is -2.17. The minimum atomic E-state index is -0.584. The molecule has 0 saturated carbocycles. The Kier molecular flexibility index (Phi) is 3.69. The van der Waals surface area contributed by atoms with E-state index in [2.05, 4.69) is 0 Å². The maximum Gasteiger partial charge on any atom is 0.288 e. The number of rotatable bonds is 3. The minimum absolute atomic E-state index is 0.149. The number of nitro groups is 1. The topological polar surface area (TPSA) is 82.2 Å². The second-order valence-corrected chi connectivity index (χ2v) is 5.24. The van der Waals surface area contributed by atoms with Crippen LogP contribution in [0.25, 0.3) is 0 Å². The van der Waals surface area contributed by atoms with Crippen LogP contribution in [0.4, 0.5) is 5.69 Å². The Bertz CT molecular complexity index is 552. The summed E-state index contributed by atoms with van der Waals surface area (Å²) in [6.45, 7) is 6.56. The molecule has 0 atom stereocenters. The molecule has 98 valence electrons. The van der Waals surface area contributed by atoms with Crippen molar-refractivity contribution in [1.82, 2.24) is 4.57 Å². The largest absolute Gasteiger partial charge is 0.301 e. The number of hydrogen-bond donors (Lipinski definition) is 0. The number of carbonyl (C=O) groups is 1. The molecule has 0 N–H and O–H groups in total. The Morgan fingerprint density at radius 1 is 1.44 bits per heavy atom. The standard InChI is InChI=1S/C12H16N2O4/c1-8-5-11(16)13(6-9(8)14(17)18)7-10(15)12(2,3)4/h5-6H,7H2,1-4H3. The Morgan fingerprint density at radius 3 is 2.44 bits per heavy atom. The third-order valence-electron chi connectivity index (χ3n) is 2.65. The SMILES string of the molecule is Cc1cc(=O)n(CC(=O)C(C)(C)C)cc1[N+](=O)[O-]. The predicted molar refractivity (Wildman–Crippen MR) is 66.6 cm³/mol. The zero-order chi connectivity index (χ0) is 14.1. The van der Waals surface area contributed by atoms with E-state index in [-0.39, 0.29) is 18.0 Å². The second kappa shape index (κ2) is 4.72. The summed E-state index contributed by atoms with van der Waals surface area (Å²) in [5.74, 6) is -0.150. The van der Waals surface area contributed by atoms with Crippen molar-refractivity contribution in [3.63, 3.8) is 0 Å². The van der Waals surface area contributed by atoms with Crippen molar-refractivity contribution in [1.29, 1.82) is 0 Å². The molecule has 0 aliphatic heterocycles. The molecule has 18 heavy (non-hydrogen) atoms. The number of hydrogen-bond acceptors (Lipinski definition) is 4. The molecule has 1 heterocycles. The van der Waals surface area contributed by atoms with Gasteiger partial charge in [-0.2, -0.15) is 0 Å². The fraction of sp³-hybridized carbons (Fsp3) is 0.500. The summed E-state index contributed by atoms with van der Waals surface area (Å²) in [5.41, 5.74) is -0.851. The molecule has 6 heteroatoms. The fourth-order valence-electron chi connectivity index (χ4n) is 1.36. The molecule has 6 nitrogen and oxygen atoms in total. The molecule has 0 radical (unpaired) electrons. The van der Waals surface area contributed by atoms with E-state index in [4.69, 9.17) is 0 Å². The lowest BCUT2D eigenvalue weighted by Crippen LogP contribution is -2.30. The summed E-state index contributed by atoms with van der Waals surface area (Å²) in [4.78, 5) is 33.7. The first-order chi connectivity index (χ1) is 8.12. The van der Waals surface area contributed by atoms with Gasteiger partial charge in [0.15, 0.2) is 5.78 Å². The van der Waals surface area contributed by atoms with Crippen molar-refractivity contribution < 1.29 is 9.72 Å². The van der Waals surface area contributed by atoms with Crippen LogP contribution < -0.4 is 5.56 Å². The van der Waals surface area contributed by atoms with Gasteiger partial charge in [-0.1, -0.05) is 20.8 Å². The maximum absolute atomic E-state index is 11.8. The lowest BCUT2D eigenvalue weighted by molar-refractivity contribution is -0.385. The number of Topliss-reactive ketones (excluding diaryl/α,β-unsaturated/α-hetero) is 1. The van der Waals surface area contributed by atoms with Crippen LogP contribution in [-0.4, -0.2) is 15.3 Å². The average molecular weight is 252 g/mol. The summed E-state index contributed by atoms with van der Waals surface area (Å²) in [6.07, 6.45) is 1.13. The summed E-state index contributed by atoms with van der Waals surface area (Å²) < 4.78 is 1.08. The van der Waals surface area contributed by atoms with Gasteiger partial charge in [0.25, 0.3) is 11.2 Å². The van der Waals surface area contributed by atoms with Gasteiger partial charge in [-0.25, -0.2) is 0 Å². The van der Waals surface area contributed by atoms with Crippen LogP contribution in [0.5, 0.6) is 0 Å². The van der Waals surface area contributed by atoms with Crippen LogP contribution in [0.2, 0.25) is 0 Å². The van der Waals surface area contributed by atoms with Crippen molar-refractivity contribution in [2.45, 2.75) is 34.2 Å². The van der Waals surface area contributed by atoms with Crippen molar-refractivity contribution in [3.8, 4) is 0 Å². The van der Waals surface area contributed by atoms with E-state index >= 15 is 0 Å². The minimum Gasteiger partial charge on any atom is -0.301 e. The number of nitrogens with zero attached hydrogens (tertiary/aromatic N) is 2. The Labute approximate surface area is 104 Å². The van der Waals surface area contributed by atoms with Crippen LogP contribution in [0, 0.1) is 22.5 Å². The van der Waals surface area contributed by atoms with E-state index in [1.807, 2.05) is 0 Å². The normalized spacial score (nSPS) is 11.3. The zero-order valence-corrected chi connectivity index (χ0v) is 10.9. The van der Waals surface area contributed by atoms with Crippen molar-refractivity contribution in [2.24, 2.45) is 5.41 Å². The van der Waals surface area contributed by atoms with Crippen molar-refractivity contribution >= 4 is 11.5 Å². The van der Waals surface area contributed by atoms with Gasteiger partial charge in [0.2, 0.25) is 0 Å². The van der Waals surface area contributed by atoms with Crippen molar-refractivity contribution in [2.75, 3.05) is 0 Å². The molecule has 0 saturated heterocycles. The molecular formula is C12H16N2O4. The number of aryl methyl sites for hydroxylation is 1. The summed E-state index contributed by atoms with van der Waals surface area (Å²) in [6, 6.07) is 1.17. The third kappa shape index (κ3) is 3.03. The molecule has 1 aromatic heterocycles. The maximum atomic E-state index is 11.8. The zero-order valence-electron chi connectivity index (χ0n) is 10.9. The van der Waals surface area contributed by atoms with Gasteiger partial charge in [0.05, 0.1) is 17.7 Å². The van der Waals surface area contributed by atoms with Crippen LogP contribution in [0.1, 0.15) is 26.3 Å². The lowest BCUT2D eigenvalue weighted by atomic mass is 9.91. The Balaban J connectivity index is 3.19. The van der Waals surface area contributed by atoms with E-state index < -0.39 is 15.9 Å². The van der Waals surface area contributed by atoms with Gasteiger partial charge in [0, 0.05) is 17.0 Å². The van der Waals surface area contributed by atoms with E-state index in [0.29, 0.717) is 5.56 Å². The second-order valence-electron chi connectivity index (χ2n) is 5.24. The van der Waals surface area contributed by atoms with Gasteiger partial charge in [-0.3, -0.25) is 19.7 Å². The molecule has 0 bridgehead atoms. The van der Waals surface area contributed by atoms with Crippen LogP contribution >= 0.6 is 0 Å². The summed E-state index contributed by atoms with van der Waals surface area (Å²) in [5, 5.41) is 10.8. The fourth-order valence-corrected chi connectivity index (χ4v) is 1.36. The third-order valence-corrected chi connectivity index (χ3v) is 2.65. The number of aromatic nitrogens is 1. The first kappa shape index (κ1) is 14.1. The number of ketones is 1. The highest BCUT2D eigenvalue weighted by Gasteiger charge is 2.23. The molecule has 0 aromatic carbocycles. The van der Waals surface area contributed by atoms with E-state index in [1.54, 1.807) is 20.8 Å². The Hall–Kier alpha value is -1.98. The molecule has 0 aliphatic carbocycles. The smallest absolute Gasteiger partial charge is 0.288 e. The molecule has 0 spiro atoms. The first-order valence-corrected chi connectivity index (χ1v) is 5.51. The molecule has 0 unspecified atom stereocenters. The number of carbonyl (C=O) groups excluding carboxylic acids is 1. The van der Waals surface area contributed by atoms with Crippen LogP contribution in [-0.2, 0) is 11.3 Å². The van der Waals surface area contributed by atoms with E-state index in [0.717, 1.165) is 10.8 Å². The van der Waals surface area contributed by atoms with Gasteiger partial charge >= 0.3 is 0 Å². The molecular weight excluding hydrogens is 236 g/mol. The molecule has 0 aliphatic rings. The number of pyridine rings is 1. The van der Waals surface area contributed by atoms with Gasteiger partial charge in [-0.05, 0) is 6.92 Å². The highest BCUT2D eigenvalue weighted by molar-refractivity contribution is 5.83. The van der Waals surface area contributed by atoms with Gasteiger partial charge in [0.1, 0.15) is 0 Å². The molecule has 1 aromatic rings. The molecule has 1 rings (SSSR count). The van der Waals surface area contributed by atoms with E-state index in [1.165, 1.54) is 13.0 Å². The highest BCUT2D eigenvalue weighted by atomic mass is 16.6.